The number of hydrogen-bond donors (Lipinski definition) is 0. The molecule has 3 heterocycles. The standard InChI is InChI=1S/C22H19BrN4O2/c23-10-9-16-13-26(25-24-16)14-18-11-15-12-27(17-5-2-1-3-6-17)20-8-4-7-19(21(15)20)22(28)29-18/h1-8,12-13,18H,9-11,14H2. The molecule has 5 rings (SSSR count). The molecule has 146 valence electrons. The van der Waals surface area contributed by atoms with Crippen molar-refractivity contribution in [2.24, 2.45) is 0 Å². The number of hydrogen-bond acceptors (Lipinski definition) is 4. The maximum Gasteiger partial charge on any atom is 0.339 e. The monoisotopic (exact) mass is 450 g/mol. The summed E-state index contributed by atoms with van der Waals surface area (Å²) in [4.78, 5) is 12.9. The van der Waals surface area contributed by atoms with E-state index in [0.29, 0.717) is 18.5 Å². The van der Waals surface area contributed by atoms with Gasteiger partial charge in [-0.05, 0) is 29.8 Å². The quantitative estimate of drug-likeness (QED) is 0.341. The lowest BCUT2D eigenvalue weighted by molar-refractivity contribution is 0.0264. The summed E-state index contributed by atoms with van der Waals surface area (Å²) in [6.07, 6.45) is 5.18. The highest BCUT2D eigenvalue weighted by Crippen LogP contribution is 2.32. The van der Waals surface area contributed by atoms with Gasteiger partial charge < -0.3 is 9.30 Å². The molecular formula is C22H19BrN4O2. The van der Waals surface area contributed by atoms with Crippen LogP contribution in [-0.2, 0) is 24.1 Å². The van der Waals surface area contributed by atoms with Gasteiger partial charge in [-0.2, -0.15) is 0 Å². The molecule has 0 N–H and O–H groups in total. The number of esters is 1. The van der Waals surface area contributed by atoms with Crippen LogP contribution >= 0.6 is 15.9 Å². The highest BCUT2D eigenvalue weighted by Gasteiger charge is 2.27. The third kappa shape index (κ3) is 3.35. The molecule has 1 unspecified atom stereocenters. The van der Waals surface area contributed by atoms with E-state index in [9.17, 15) is 4.79 Å². The number of alkyl halides is 1. The summed E-state index contributed by atoms with van der Waals surface area (Å²) in [6.45, 7) is 0.479. The van der Waals surface area contributed by atoms with E-state index in [0.717, 1.165) is 39.6 Å². The lowest BCUT2D eigenvalue weighted by Gasteiger charge is -2.15. The predicted octanol–water partition coefficient (Wildman–Crippen LogP) is 3.94. The predicted molar refractivity (Wildman–Crippen MR) is 114 cm³/mol. The van der Waals surface area contributed by atoms with Crippen LogP contribution < -0.4 is 0 Å². The second-order valence-corrected chi connectivity index (χ2v) is 7.95. The molecule has 0 amide bonds. The molecule has 0 radical (unpaired) electrons. The van der Waals surface area contributed by atoms with Crippen molar-refractivity contribution in [3.8, 4) is 5.69 Å². The minimum atomic E-state index is -0.303. The van der Waals surface area contributed by atoms with Crippen LogP contribution in [-0.4, -0.2) is 37.0 Å². The number of rotatable bonds is 5. The zero-order valence-corrected chi connectivity index (χ0v) is 17.2. The normalized spacial score (nSPS) is 16.0. The molecule has 1 aliphatic rings. The average molecular weight is 451 g/mol. The summed E-state index contributed by atoms with van der Waals surface area (Å²) in [6, 6.07) is 16.0. The van der Waals surface area contributed by atoms with E-state index in [1.807, 2.05) is 42.6 Å². The third-order valence-electron chi connectivity index (χ3n) is 5.21. The van der Waals surface area contributed by atoms with E-state index in [2.05, 4.69) is 49.1 Å². The number of aryl methyl sites for hydroxylation is 1. The van der Waals surface area contributed by atoms with Crippen LogP contribution in [0.3, 0.4) is 0 Å². The second-order valence-electron chi connectivity index (χ2n) is 7.16. The van der Waals surface area contributed by atoms with Gasteiger partial charge in [0, 0.05) is 41.6 Å². The summed E-state index contributed by atoms with van der Waals surface area (Å²) >= 11 is 3.42. The minimum absolute atomic E-state index is 0.286. The smallest absolute Gasteiger partial charge is 0.339 e. The van der Waals surface area contributed by atoms with Crippen molar-refractivity contribution in [2.45, 2.75) is 25.5 Å². The molecule has 0 aliphatic carbocycles. The van der Waals surface area contributed by atoms with E-state index in [1.165, 1.54) is 0 Å². The van der Waals surface area contributed by atoms with Gasteiger partial charge in [0.05, 0.1) is 23.3 Å². The molecule has 0 spiro atoms. The summed E-state index contributed by atoms with van der Waals surface area (Å²) < 4.78 is 9.72. The Kier molecular flexibility index (Phi) is 4.67. The molecule has 1 atom stereocenters. The maximum absolute atomic E-state index is 12.9. The molecule has 0 saturated heterocycles. The summed E-state index contributed by atoms with van der Waals surface area (Å²) in [5.41, 5.74) is 4.73. The molecule has 4 aromatic rings. The summed E-state index contributed by atoms with van der Waals surface area (Å²) in [5.74, 6) is -0.286. The number of aromatic nitrogens is 4. The molecule has 1 aliphatic heterocycles. The van der Waals surface area contributed by atoms with Crippen molar-refractivity contribution in [2.75, 3.05) is 5.33 Å². The zero-order chi connectivity index (χ0) is 19.8. The van der Waals surface area contributed by atoms with Crippen molar-refractivity contribution in [1.29, 1.82) is 0 Å². The molecule has 2 aromatic carbocycles. The molecule has 2 aromatic heterocycles. The Balaban J connectivity index is 1.53. The minimum Gasteiger partial charge on any atom is -0.456 e. The lowest BCUT2D eigenvalue weighted by Crippen LogP contribution is -2.24. The fraction of sp³-hybridized carbons (Fsp3) is 0.227. The van der Waals surface area contributed by atoms with Crippen LogP contribution in [0.1, 0.15) is 21.6 Å². The Morgan fingerprint density at radius 3 is 2.79 bits per heavy atom. The van der Waals surface area contributed by atoms with Gasteiger partial charge >= 0.3 is 5.97 Å². The van der Waals surface area contributed by atoms with Crippen molar-refractivity contribution in [3.63, 3.8) is 0 Å². The fourth-order valence-electron chi connectivity index (χ4n) is 3.95. The Morgan fingerprint density at radius 2 is 1.97 bits per heavy atom. The van der Waals surface area contributed by atoms with Crippen LogP contribution in [0.25, 0.3) is 16.6 Å². The first kappa shape index (κ1) is 18.1. The van der Waals surface area contributed by atoms with E-state index in [1.54, 1.807) is 4.68 Å². The SMILES string of the molecule is O=C1OC(Cn2cc(CCBr)nn2)Cc2cn(-c3ccccc3)c3cccc1c23. The molecule has 6 nitrogen and oxygen atoms in total. The number of carbonyl (C=O) groups is 1. The third-order valence-corrected chi connectivity index (χ3v) is 5.61. The van der Waals surface area contributed by atoms with Crippen molar-refractivity contribution in [1.82, 2.24) is 19.6 Å². The number of para-hydroxylation sites is 1. The highest BCUT2D eigenvalue weighted by atomic mass is 79.9. The maximum atomic E-state index is 12.9. The van der Waals surface area contributed by atoms with Gasteiger partial charge in [-0.1, -0.05) is 45.4 Å². The Hall–Kier alpha value is -2.93. The second kappa shape index (κ2) is 7.48. The zero-order valence-electron chi connectivity index (χ0n) is 15.7. The molecule has 7 heteroatoms. The Morgan fingerprint density at radius 1 is 1.10 bits per heavy atom. The van der Waals surface area contributed by atoms with Gasteiger partial charge in [0.25, 0.3) is 0 Å². The average Bonchev–Trinajstić information content (AvgIpc) is 3.29. The van der Waals surface area contributed by atoms with Crippen LogP contribution in [0.15, 0.2) is 60.9 Å². The lowest BCUT2D eigenvalue weighted by atomic mass is 10.0. The Labute approximate surface area is 176 Å². The number of carbonyl (C=O) groups excluding carboxylic acids is 1. The fourth-order valence-corrected chi connectivity index (χ4v) is 4.35. The van der Waals surface area contributed by atoms with Gasteiger partial charge in [0.15, 0.2) is 0 Å². The van der Waals surface area contributed by atoms with E-state index >= 15 is 0 Å². The first-order valence-electron chi connectivity index (χ1n) is 9.57. The molecular weight excluding hydrogens is 432 g/mol. The number of ether oxygens (including phenoxy) is 1. The summed E-state index contributed by atoms with van der Waals surface area (Å²) in [7, 11) is 0. The topological polar surface area (TPSA) is 61.9 Å². The largest absolute Gasteiger partial charge is 0.456 e. The van der Waals surface area contributed by atoms with E-state index in [4.69, 9.17) is 4.74 Å². The van der Waals surface area contributed by atoms with E-state index < -0.39 is 0 Å². The van der Waals surface area contributed by atoms with Crippen LogP contribution in [0.4, 0.5) is 0 Å². The molecule has 0 fully saturated rings. The first-order chi connectivity index (χ1) is 14.2. The van der Waals surface area contributed by atoms with Crippen molar-refractivity contribution >= 4 is 32.8 Å². The van der Waals surface area contributed by atoms with Crippen molar-refractivity contribution in [3.05, 3.63) is 77.7 Å². The number of cyclic esters (lactones) is 1. The number of benzene rings is 2. The van der Waals surface area contributed by atoms with E-state index in [-0.39, 0.29) is 12.1 Å². The van der Waals surface area contributed by atoms with Gasteiger partial charge in [0.1, 0.15) is 6.10 Å². The van der Waals surface area contributed by atoms with Crippen molar-refractivity contribution < 1.29 is 9.53 Å². The molecule has 0 saturated carbocycles. The van der Waals surface area contributed by atoms with Crippen LogP contribution in [0.5, 0.6) is 0 Å². The summed E-state index contributed by atoms with van der Waals surface area (Å²) in [5, 5.41) is 10.2. The van der Waals surface area contributed by atoms with Gasteiger partial charge in [0.2, 0.25) is 0 Å². The van der Waals surface area contributed by atoms with Crippen LogP contribution in [0.2, 0.25) is 0 Å². The highest BCUT2D eigenvalue weighted by molar-refractivity contribution is 9.09. The van der Waals surface area contributed by atoms with Crippen LogP contribution in [0, 0.1) is 0 Å². The number of halogens is 1. The van der Waals surface area contributed by atoms with Gasteiger partial charge in [-0.15, -0.1) is 5.10 Å². The Bertz CT molecular complexity index is 1180. The molecule has 29 heavy (non-hydrogen) atoms. The molecule has 0 bridgehead atoms. The number of nitrogens with zero attached hydrogens (tertiary/aromatic N) is 4. The van der Waals surface area contributed by atoms with Gasteiger partial charge in [-0.3, -0.25) is 0 Å². The van der Waals surface area contributed by atoms with Gasteiger partial charge in [-0.25, -0.2) is 9.48 Å². The first-order valence-corrected chi connectivity index (χ1v) is 10.7.